The van der Waals surface area contributed by atoms with Gasteiger partial charge in [0.2, 0.25) is 0 Å². The molecule has 1 unspecified atom stereocenters. The van der Waals surface area contributed by atoms with Gasteiger partial charge in [0.1, 0.15) is 5.75 Å². The number of hydrogen-bond acceptors (Lipinski definition) is 2. The Hall–Kier alpha value is -1.09. The number of piperidine rings is 1. The number of hydrogen-bond donors (Lipinski definition) is 1. The van der Waals surface area contributed by atoms with Crippen molar-refractivity contribution in [2.75, 3.05) is 19.8 Å². The lowest BCUT2D eigenvalue weighted by molar-refractivity contribution is 0.0296. The summed E-state index contributed by atoms with van der Waals surface area (Å²) in [6, 6.07) is 6.33. The standard InChI is InChI=1S/C17H24FNO/c1-12-16-10-13-4-5-14(20)11-15(13)17(12,2)6-9-19(16)8-3-7-18/h4-5,11-12,16,20H,3,6-10H2,1-2H3/t12-,16?,17+/m0/s1. The van der Waals surface area contributed by atoms with Gasteiger partial charge < -0.3 is 5.11 Å². The molecule has 0 radical (unpaired) electrons. The number of benzene rings is 1. The summed E-state index contributed by atoms with van der Waals surface area (Å²) in [5.74, 6) is 0.917. The minimum atomic E-state index is -0.223. The predicted octanol–water partition coefficient (Wildman–Crippen LogP) is 3.28. The van der Waals surface area contributed by atoms with Crippen molar-refractivity contribution in [2.24, 2.45) is 5.92 Å². The monoisotopic (exact) mass is 277 g/mol. The van der Waals surface area contributed by atoms with Crippen molar-refractivity contribution in [1.82, 2.24) is 4.90 Å². The average Bonchev–Trinajstić information content (AvgIpc) is 2.43. The third-order valence-electron chi connectivity index (χ3n) is 5.69. The van der Waals surface area contributed by atoms with Crippen molar-refractivity contribution >= 4 is 0 Å². The van der Waals surface area contributed by atoms with Gasteiger partial charge in [-0.25, -0.2) is 0 Å². The number of phenolic OH excluding ortho intramolecular Hbond substituents is 1. The molecule has 3 rings (SSSR count). The van der Waals surface area contributed by atoms with E-state index in [9.17, 15) is 9.50 Å². The summed E-state index contributed by atoms with van der Waals surface area (Å²) in [6.07, 6.45) is 2.76. The Morgan fingerprint density at radius 1 is 1.45 bits per heavy atom. The second-order valence-corrected chi connectivity index (χ2v) is 6.65. The maximum Gasteiger partial charge on any atom is 0.115 e. The second kappa shape index (κ2) is 5.03. The molecular weight excluding hydrogens is 253 g/mol. The molecule has 1 N–H and O–H groups in total. The summed E-state index contributed by atoms with van der Waals surface area (Å²) in [7, 11) is 0. The zero-order valence-corrected chi connectivity index (χ0v) is 12.4. The normalized spacial score (nSPS) is 33.0. The van der Waals surface area contributed by atoms with Crippen LogP contribution < -0.4 is 0 Å². The number of alkyl halides is 1. The molecular formula is C17H24FNO. The van der Waals surface area contributed by atoms with E-state index in [-0.39, 0.29) is 12.1 Å². The summed E-state index contributed by atoms with van der Waals surface area (Å²) < 4.78 is 12.5. The third-order valence-corrected chi connectivity index (χ3v) is 5.69. The Balaban J connectivity index is 1.95. The molecule has 110 valence electrons. The molecule has 2 aliphatic rings. The number of aromatic hydroxyl groups is 1. The fourth-order valence-electron chi connectivity index (χ4n) is 4.24. The van der Waals surface area contributed by atoms with Crippen LogP contribution in [0.1, 0.15) is 37.8 Å². The van der Waals surface area contributed by atoms with Crippen molar-refractivity contribution in [3.05, 3.63) is 29.3 Å². The van der Waals surface area contributed by atoms with E-state index in [2.05, 4.69) is 24.8 Å². The van der Waals surface area contributed by atoms with Crippen molar-refractivity contribution in [2.45, 2.75) is 44.6 Å². The van der Waals surface area contributed by atoms with Crippen LogP contribution in [0.3, 0.4) is 0 Å². The number of likely N-dealkylation sites (tertiary alicyclic amines) is 1. The highest BCUT2D eigenvalue weighted by atomic mass is 19.1. The lowest BCUT2D eigenvalue weighted by Gasteiger charge is -2.54. The van der Waals surface area contributed by atoms with Gasteiger partial charge in [0, 0.05) is 12.6 Å². The molecule has 1 aliphatic carbocycles. The fraction of sp³-hybridized carbons (Fsp3) is 0.647. The minimum Gasteiger partial charge on any atom is -0.508 e. The van der Waals surface area contributed by atoms with Crippen LogP contribution in [0.2, 0.25) is 0 Å². The zero-order valence-electron chi connectivity index (χ0n) is 12.4. The Kier molecular flexibility index (Phi) is 3.49. The maximum absolute atomic E-state index is 12.5. The van der Waals surface area contributed by atoms with Crippen molar-refractivity contribution in [3.63, 3.8) is 0 Å². The molecule has 2 bridgehead atoms. The molecule has 2 nitrogen and oxygen atoms in total. The van der Waals surface area contributed by atoms with Crippen LogP contribution in [0, 0.1) is 5.92 Å². The Morgan fingerprint density at radius 3 is 3.00 bits per heavy atom. The maximum atomic E-state index is 12.5. The zero-order chi connectivity index (χ0) is 14.3. The van der Waals surface area contributed by atoms with E-state index in [1.165, 1.54) is 11.1 Å². The first-order chi connectivity index (χ1) is 9.56. The smallest absolute Gasteiger partial charge is 0.115 e. The number of rotatable bonds is 3. The van der Waals surface area contributed by atoms with Crippen LogP contribution in [-0.4, -0.2) is 35.8 Å². The molecule has 0 saturated carbocycles. The first-order valence-corrected chi connectivity index (χ1v) is 7.68. The summed E-state index contributed by atoms with van der Waals surface area (Å²) in [4.78, 5) is 2.47. The largest absolute Gasteiger partial charge is 0.508 e. The highest BCUT2D eigenvalue weighted by Gasteiger charge is 2.48. The molecule has 1 aromatic rings. The number of fused-ring (bicyclic) bond motifs is 4. The summed E-state index contributed by atoms with van der Waals surface area (Å²) >= 11 is 0. The van der Waals surface area contributed by atoms with Gasteiger partial charge in [-0.15, -0.1) is 0 Å². The van der Waals surface area contributed by atoms with Gasteiger partial charge in [0.25, 0.3) is 0 Å². The number of nitrogens with zero attached hydrogens (tertiary/aromatic N) is 1. The Bertz CT molecular complexity index is 504. The quantitative estimate of drug-likeness (QED) is 0.916. The SMILES string of the molecule is C[C@H]1C2Cc3ccc(O)cc3[C@]1(C)CCN2CCCF. The van der Waals surface area contributed by atoms with Gasteiger partial charge in [0.05, 0.1) is 6.67 Å². The van der Waals surface area contributed by atoms with Crippen LogP contribution in [0.5, 0.6) is 5.75 Å². The minimum absolute atomic E-state index is 0.142. The van der Waals surface area contributed by atoms with Crippen molar-refractivity contribution in [1.29, 1.82) is 0 Å². The molecule has 1 aromatic carbocycles. The van der Waals surface area contributed by atoms with Gasteiger partial charge >= 0.3 is 0 Å². The van der Waals surface area contributed by atoms with E-state index in [1.54, 1.807) is 6.07 Å². The van der Waals surface area contributed by atoms with Gasteiger partial charge in [-0.3, -0.25) is 9.29 Å². The van der Waals surface area contributed by atoms with Crippen LogP contribution in [0.15, 0.2) is 18.2 Å². The van der Waals surface area contributed by atoms with Gasteiger partial charge in [-0.2, -0.15) is 0 Å². The van der Waals surface area contributed by atoms with Crippen LogP contribution >= 0.6 is 0 Å². The number of phenols is 1. The second-order valence-electron chi connectivity index (χ2n) is 6.65. The lowest BCUT2D eigenvalue weighted by Crippen LogP contribution is -2.58. The lowest BCUT2D eigenvalue weighted by atomic mass is 9.59. The highest BCUT2D eigenvalue weighted by Crippen LogP contribution is 2.49. The molecule has 1 fully saturated rings. The molecule has 1 heterocycles. The highest BCUT2D eigenvalue weighted by molar-refractivity contribution is 5.44. The molecule has 3 heteroatoms. The topological polar surface area (TPSA) is 23.5 Å². The molecule has 0 amide bonds. The Labute approximate surface area is 120 Å². The van der Waals surface area contributed by atoms with Crippen molar-refractivity contribution in [3.8, 4) is 5.75 Å². The molecule has 3 atom stereocenters. The summed E-state index contributed by atoms with van der Waals surface area (Å²) in [6.45, 7) is 6.34. The molecule has 20 heavy (non-hydrogen) atoms. The van der Waals surface area contributed by atoms with Gasteiger partial charge in [-0.05, 0) is 60.4 Å². The molecule has 1 aliphatic heterocycles. The van der Waals surface area contributed by atoms with E-state index in [4.69, 9.17) is 0 Å². The first-order valence-electron chi connectivity index (χ1n) is 7.68. The Morgan fingerprint density at radius 2 is 2.25 bits per heavy atom. The molecule has 0 aromatic heterocycles. The van der Waals surface area contributed by atoms with Crippen LogP contribution in [0.4, 0.5) is 4.39 Å². The molecule has 1 saturated heterocycles. The van der Waals surface area contributed by atoms with Crippen LogP contribution in [0.25, 0.3) is 0 Å². The van der Waals surface area contributed by atoms with Gasteiger partial charge in [-0.1, -0.05) is 19.9 Å². The van der Waals surface area contributed by atoms with Crippen LogP contribution in [-0.2, 0) is 11.8 Å². The van der Waals surface area contributed by atoms with E-state index in [1.807, 2.05) is 6.07 Å². The number of halogens is 1. The first kappa shape index (κ1) is 13.9. The predicted molar refractivity (Wildman–Crippen MR) is 78.9 cm³/mol. The summed E-state index contributed by atoms with van der Waals surface area (Å²) in [5, 5.41) is 9.80. The van der Waals surface area contributed by atoms with Crippen molar-refractivity contribution < 1.29 is 9.50 Å². The van der Waals surface area contributed by atoms with E-state index in [0.29, 0.717) is 24.1 Å². The van der Waals surface area contributed by atoms with E-state index >= 15 is 0 Å². The third kappa shape index (κ3) is 2.03. The average molecular weight is 277 g/mol. The van der Waals surface area contributed by atoms with E-state index in [0.717, 1.165) is 25.9 Å². The summed E-state index contributed by atoms with van der Waals surface area (Å²) in [5.41, 5.74) is 2.83. The molecule has 0 spiro atoms. The fourth-order valence-corrected chi connectivity index (χ4v) is 4.24. The van der Waals surface area contributed by atoms with E-state index < -0.39 is 0 Å². The van der Waals surface area contributed by atoms with Gasteiger partial charge in [0.15, 0.2) is 0 Å².